The van der Waals surface area contributed by atoms with Crippen molar-refractivity contribution in [3.8, 4) is 11.5 Å². The lowest BCUT2D eigenvalue weighted by Crippen LogP contribution is -2.49. The van der Waals surface area contributed by atoms with Gasteiger partial charge in [-0.25, -0.2) is 8.42 Å². The number of hydrogen-bond acceptors (Lipinski definition) is 6. The fourth-order valence-corrected chi connectivity index (χ4v) is 5.11. The molecule has 0 bridgehead atoms. The smallest absolute Gasteiger partial charge is 0.242 e. The third kappa shape index (κ3) is 10.1. The van der Waals surface area contributed by atoms with Crippen molar-refractivity contribution in [2.45, 2.75) is 59.5 Å². The van der Waals surface area contributed by atoms with Crippen LogP contribution in [-0.4, -0.2) is 64.2 Å². The number of ether oxygens (including phenoxy) is 2. The molecule has 0 saturated heterocycles. The molecule has 0 spiro atoms. The summed E-state index contributed by atoms with van der Waals surface area (Å²) in [4.78, 5) is 28.2. The normalized spacial score (nSPS) is 12.1. The van der Waals surface area contributed by atoms with Crippen LogP contribution in [0.15, 0.2) is 48.5 Å². The van der Waals surface area contributed by atoms with Crippen LogP contribution in [0.2, 0.25) is 0 Å². The van der Waals surface area contributed by atoms with Crippen LogP contribution in [0.4, 0.5) is 5.69 Å². The van der Waals surface area contributed by atoms with Crippen molar-refractivity contribution in [1.82, 2.24) is 10.2 Å². The fourth-order valence-electron chi connectivity index (χ4n) is 4.15. The number of carbonyl (C=O) groups is 2. The number of amides is 2. The molecule has 2 rings (SSSR count). The fraction of sp³-hybridized carbons (Fsp3) is 0.517. The van der Waals surface area contributed by atoms with Gasteiger partial charge in [-0.2, -0.15) is 0 Å². The Morgan fingerprint density at radius 3 is 2.10 bits per heavy atom. The molecule has 0 aliphatic heterocycles. The topological polar surface area (TPSA) is 105 Å². The summed E-state index contributed by atoms with van der Waals surface area (Å²) in [6.45, 7) is 9.20. The Morgan fingerprint density at radius 2 is 1.59 bits per heavy atom. The van der Waals surface area contributed by atoms with Crippen LogP contribution in [0, 0.1) is 5.92 Å². The summed E-state index contributed by atoms with van der Waals surface area (Å²) in [5, 5.41) is 2.95. The number of hydrogen-bond donors (Lipinski definition) is 1. The van der Waals surface area contributed by atoms with Crippen LogP contribution in [0.25, 0.3) is 0 Å². The highest BCUT2D eigenvalue weighted by Gasteiger charge is 2.29. The quantitative estimate of drug-likeness (QED) is 0.329. The number of methoxy groups -OCH3 is 1. The van der Waals surface area contributed by atoms with Gasteiger partial charge in [0, 0.05) is 26.1 Å². The van der Waals surface area contributed by atoms with Gasteiger partial charge < -0.3 is 19.7 Å². The van der Waals surface area contributed by atoms with E-state index < -0.39 is 16.1 Å². The molecule has 1 atom stereocenters. The van der Waals surface area contributed by atoms with E-state index >= 15 is 0 Å². The number of sulfonamides is 1. The van der Waals surface area contributed by atoms with Crippen molar-refractivity contribution >= 4 is 27.5 Å². The van der Waals surface area contributed by atoms with Crippen molar-refractivity contribution in [1.29, 1.82) is 0 Å². The lowest BCUT2D eigenvalue weighted by molar-refractivity contribution is -0.141. The molecule has 0 aliphatic carbocycles. The minimum Gasteiger partial charge on any atom is -0.497 e. The highest BCUT2D eigenvalue weighted by atomic mass is 32.2. The maximum absolute atomic E-state index is 13.5. The van der Waals surface area contributed by atoms with Gasteiger partial charge in [-0.05, 0) is 67.6 Å². The van der Waals surface area contributed by atoms with Gasteiger partial charge in [0.25, 0.3) is 0 Å². The minimum absolute atomic E-state index is 0.0904. The van der Waals surface area contributed by atoms with Crippen molar-refractivity contribution < 1.29 is 27.5 Å². The Morgan fingerprint density at radius 1 is 0.974 bits per heavy atom. The molecule has 0 unspecified atom stereocenters. The summed E-state index contributed by atoms with van der Waals surface area (Å²) in [6.07, 6.45) is 1.98. The monoisotopic (exact) mass is 561 g/mol. The van der Waals surface area contributed by atoms with Gasteiger partial charge in [0.05, 0.1) is 25.7 Å². The van der Waals surface area contributed by atoms with E-state index in [0.29, 0.717) is 43.2 Å². The van der Waals surface area contributed by atoms with Gasteiger partial charge in [-0.3, -0.25) is 13.9 Å². The third-order valence-corrected chi connectivity index (χ3v) is 7.36. The van der Waals surface area contributed by atoms with E-state index in [4.69, 9.17) is 9.47 Å². The SMILES string of the molecule is CCOc1ccc(N(CCCC(=O)N(Cc2ccc(OC)cc2)[C@H](CC)C(=O)NCC(C)C)S(C)(=O)=O)cc1. The van der Waals surface area contributed by atoms with Crippen LogP contribution >= 0.6 is 0 Å². The first-order chi connectivity index (χ1) is 18.5. The summed E-state index contributed by atoms with van der Waals surface area (Å²) in [7, 11) is -1.99. The summed E-state index contributed by atoms with van der Waals surface area (Å²) in [6, 6.07) is 13.6. The van der Waals surface area contributed by atoms with E-state index in [-0.39, 0.29) is 37.2 Å². The Bertz CT molecular complexity index is 1150. The van der Waals surface area contributed by atoms with E-state index in [0.717, 1.165) is 11.8 Å². The number of carbonyl (C=O) groups excluding carboxylic acids is 2. The second-order valence-corrected chi connectivity index (χ2v) is 11.7. The van der Waals surface area contributed by atoms with Crippen LogP contribution in [-0.2, 0) is 26.2 Å². The number of rotatable bonds is 16. The summed E-state index contributed by atoms with van der Waals surface area (Å²) >= 11 is 0. The standard InChI is InChI=1S/C29H43N3O6S/c1-7-27(29(34)30-20-22(3)4)31(21-23-11-15-25(37-5)16-12-23)28(33)10-9-19-32(39(6,35)36)24-13-17-26(18-14-24)38-8-2/h11-18,22,27H,7-10,19-21H2,1-6H3,(H,30,34)/t27-/m1/s1. The summed E-state index contributed by atoms with van der Waals surface area (Å²) in [5.74, 6) is 1.23. The van der Waals surface area contributed by atoms with E-state index in [2.05, 4.69) is 5.32 Å². The molecule has 2 aromatic rings. The molecule has 0 aromatic heterocycles. The lowest BCUT2D eigenvalue weighted by atomic mass is 10.1. The van der Waals surface area contributed by atoms with Crippen molar-refractivity contribution in [2.24, 2.45) is 5.92 Å². The molecule has 39 heavy (non-hydrogen) atoms. The predicted octanol–water partition coefficient (Wildman–Crippen LogP) is 4.22. The van der Waals surface area contributed by atoms with Crippen LogP contribution in [0.5, 0.6) is 11.5 Å². The molecule has 2 aromatic carbocycles. The summed E-state index contributed by atoms with van der Waals surface area (Å²) in [5.41, 5.74) is 1.37. The first-order valence-corrected chi connectivity index (χ1v) is 15.3. The molecule has 2 amide bonds. The Hall–Kier alpha value is -3.27. The highest BCUT2D eigenvalue weighted by molar-refractivity contribution is 7.92. The largest absolute Gasteiger partial charge is 0.497 e. The average molecular weight is 562 g/mol. The molecule has 216 valence electrons. The molecule has 0 fully saturated rings. The number of benzene rings is 2. The predicted molar refractivity (Wildman–Crippen MR) is 155 cm³/mol. The zero-order valence-electron chi connectivity index (χ0n) is 24.0. The Kier molecular flexibility index (Phi) is 12.6. The van der Waals surface area contributed by atoms with Gasteiger partial charge in [0.1, 0.15) is 17.5 Å². The first-order valence-electron chi connectivity index (χ1n) is 13.4. The number of anilines is 1. The molecule has 0 radical (unpaired) electrons. The second-order valence-electron chi connectivity index (χ2n) is 9.80. The maximum Gasteiger partial charge on any atom is 0.242 e. The molecule has 0 aliphatic rings. The number of nitrogens with one attached hydrogen (secondary N) is 1. The van der Waals surface area contributed by atoms with Crippen molar-refractivity contribution in [2.75, 3.05) is 37.4 Å². The van der Waals surface area contributed by atoms with Gasteiger partial charge in [-0.15, -0.1) is 0 Å². The lowest BCUT2D eigenvalue weighted by Gasteiger charge is -2.31. The van der Waals surface area contributed by atoms with E-state index in [1.54, 1.807) is 36.3 Å². The minimum atomic E-state index is -3.57. The average Bonchev–Trinajstić information content (AvgIpc) is 2.90. The zero-order valence-corrected chi connectivity index (χ0v) is 24.8. The Labute approximate surface area is 233 Å². The van der Waals surface area contributed by atoms with E-state index in [1.165, 1.54) is 4.31 Å². The number of nitrogens with zero attached hydrogens (tertiary/aromatic N) is 2. The van der Waals surface area contributed by atoms with Crippen LogP contribution in [0.3, 0.4) is 0 Å². The van der Waals surface area contributed by atoms with Crippen molar-refractivity contribution in [3.05, 3.63) is 54.1 Å². The Balaban J connectivity index is 2.20. The second kappa shape index (κ2) is 15.4. The van der Waals surface area contributed by atoms with Crippen LogP contribution in [0.1, 0.15) is 52.5 Å². The molecule has 9 nitrogen and oxygen atoms in total. The maximum atomic E-state index is 13.5. The third-order valence-electron chi connectivity index (χ3n) is 6.17. The molecule has 10 heteroatoms. The molecular weight excluding hydrogens is 518 g/mol. The molecule has 1 N–H and O–H groups in total. The molecule has 0 heterocycles. The van der Waals surface area contributed by atoms with Crippen molar-refractivity contribution in [3.63, 3.8) is 0 Å². The highest BCUT2D eigenvalue weighted by Crippen LogP contribution is 2.23. The van der Waals surface area contributed by atoms with Crippen LogP contribution < -0.4 is 19.1 Å². The van der Waals surface area contributed by atoms with E-state index in [1.807, 2.05) is 52.0 Å². The first kappa shape index (κ1) is 31.9. The molecule has 0 saturated carbocycles. The summed E-state index contributed by atoms with van der Waals surface area (Å²) < 4.78 is 37.1. The van der Waals surface area contributed by atoms with Gasteiger partial charge in [-0.1, -0.05) is 32.9 Å². The van der Waals surface area contributed by atoms with E-state index in [9.17, 15) is 18.0 Å². The van der Waals surface area contributed by atoms with Gasteiger partial charge in [0.2, 0.25) is 21.8 Å². The molecular formula is C29H43N3O6S. The van der Waals surface area contributed by atoms with Gasteiger partial charge in [0.15, 0.2) is 0 Å². The zero-order chi connectivity index (χ0) is 29.0. The van der Waals surface area contributed by atoms with Gasteiger partial charge >= 0.3 is 0 Å².